The van der Waals surface area contributed by atoms with Gasteiger partial charge in [-0.2, -0.15) is 0 Å². The summed E-state index contributed by atoms with van der Waals surface area (Å²) in [7, 11) is 0. The van der Waals surface area contributed by atoms with E-state index in [2.05, 4.69) is 11.4 Å². The van der Waals surface area contributed by atoms with Crippen LogP contribution in [0.3, 0.4) is 0 Å². The first-order valence-electron chi connectivity index (χ1n) is 11.0. The summed E-state index contributed by atoms with van der Waals surface area (Å²) in [6.07, 6.45) is 0.526. The molecule has 5 heteroatoms. The molecule has 0 bridgehead atoms. The molecule has 0 aromatic heterocycles. The fourth-order valence-corrected chi connectivity index (χ4v) is 3.68. The Morgan fingerprint density at radius 1 is 1.03 bits per heavy atom. The first-order chi connectivity index (χ1) is 14.6. The lowest BCUT2D eigenvalue weighted by atomic mass is 10.1. The summed E-state index contributed by atoms with van der Waals surface area (Å²) < 4.78 is 5.94. The van der Waals surface area contributed by atoms with E-state index in [9.17, 15) is 9.59 Å². The van der Waals surface area contributed by atoms with Gasteiger partial charge in [0, 0.05) is 12.6 Å². The number of hydrogen-bond acceptors (Lipinski definition) is 3. The average Bonchev–Trinajstić information content (AvgIpc) is 2.68. The van der Waals surface area contributed by atoms with Crippen LogP contribution in [-0.4, -0.2) is 35.4 Å². The molecule has 5 nitrogen and oxygen atoms in total. The third-order valence-electron chi connectivity index (χ3n) is 5.37. The molecule has 0 aliphatic heterocycles. The van der Waals surface area contributed by atoms with Crippen LogP contribution in [0.25, 0.3) is 0 Å². The van der Waals surface area contributed by atoms with E-state index >= 15 is 0 Å². The summed E-state index contributed by atoms with van der Waals surface area (Å²) in [4.78, 5) is 27.8. The standard InChI is InChI=1S/C26H36N2O3/c1-8-23(26(30)27-17(2)3)28(15-22-11-9-10-18(4)13-22)25(29)16-31-24-14-19(5)12-20(6)21(24)7/h9-14,17,23H,8,15-16H2,1-7H3,(H,27,30)/t23-/m0/s1. The molecular formula is C26H36N2O3. The third-order valence-corrected chi connectivity index (χ3v) is 5.37. The Labute approximate surface area is 186 Å². The molecule has 31 heavy (non-hydrogen) atoms. The summed E-state index contributed by atoms with van der Waals surface area (Å²) in [5, 5.41) is 2.95. The van der Waals surface area contributed by atoms with E-state index in [0.717, 1.165) is 27.8 Å². The van der Waals surface area contributed by atoms with Crippen molar-refractivity contribution in [3.05, 3.63) is 64.2 Å². The number of hydrogen-bond donors (Lipinski definition) is 1. The second-order valence-corrected chi connectivity index (χ2v) is 8.59. The second kappa shape index (κ2) is 11.0. The number of ether oxygens (including phenoxy) is 1. The Hall–Kier alpha value is -2.82. The lowest BCUT2D eigenvalue weighted by molar-refractivity contribution is -0.143. The maximum absolute atomic E-state index is 13.3. The molecule has 0 unspecified atom stereocenters. The molecule has 0 saturated carbocycles. The Kier molecular flexibility index (Phi) is 8.66. The molecule has 0 fully saturated rings. The van der Waals surface area contributed by atoms with Crippen LogP contribution < -0.4 is 10.1 Å². The van der Waals surface area contributed by atoms with E-state index in [1.807, 2.05) is 78.8 Å². The van der Waals surface area contributed by atoms with Crippen molar-refractivity contribution in [3.8, 4) is 5.75 Å². The molecule has 2 aromatic carbocycles. The number of amides is 2. The van der Waals surface area contributed by atoms with Gasteiger partial charge in [0.25, 0.3) is 5.91 Å². The number of benzene rings is 2. The van der Waals surface area contributed by atoms with Crippen LogP contribution in [0, 0.1) is 27.7 Å². The van der Waals surface area contributed by atoms with Crippen LogP contribution in [0.2, 0.25) is 0 Å². The van der Waals surface area contributed by atoms with Crippen molar-refractivity contribution in [1.82, 2.24) is 10.2 Å². The van der Waals surface area contributed by atoms with Gasteiger partial charge in [-0.25, -0.2) is 0 Å². The third kappa shape index (κ3) is 6.84. The van der Waals surface area contributed by atoms with Crippen molar-refractivity contribution in [2.45, 2.75) is 73.5 Å². The number of aryl methyl sites for hydroxylation is 3. The summed E-state index contributed by atoms with van der Waals surface area (Å²) >= 11 is 0. The summed E-state index contributed by atoms with van der Waals surface area (Å²) in [6, 6.07) is 11.5. The number of nitrogens with zero attached hydrogens (tertiary/aromatic N) is 1. The minimum absolute atomic E-state index is 0.00615. The molecule has 2 rings (SSSR count). The fraction of sp³-hybridized carbons (Fsp3) is 0.462. The van der Waals surface area contributed by atoms with Gasteiger partial charge in [0.2, 0.25) is 5.91 Å². The first-order valence-corrected chi connectivity index (χ1v) is 11.0. The first kappa shape index (κ1) is 24.4. The largest absolute Gasteiger partial charge is 0.483 e. The summed E-state index contributed by atoms with van der Waals surface area (Å²) in [6.45, 7) is 14.1. The van der Waals surface area contributed by atoms with Crippen LogP contribution in [0.15, 0.2) is 36.4 Å². The van der Waals surface area contributed by atoms with E-state index < -0.39 is 6.04 Å². The Morgan fingerprint density at radius 3 is 2.35 bits per heavy atom. The monoisotopic (exact) mass is 424 g/mol. The molecule has 2 amide bonds. The second-order valence-electron chi connectivity index (χ2n) is 8.59. The lowest BCUT2D eigenvalue weighted by Crippen LogP contribution is -2.51. The van der Waals surface area contributed by atoms with Gasteiger partial charge < -0.3 is 15.0 Å². The Balaban J connectivity index is 2.27. The van der Waals surface area contributed by atoms with Gasteiger partial charge in [0.05, 0.1) is 0 Å². The van der Waals surface area contributed by atoms with Crippen LogP contribution >= 0.6 is 0 Å². The molecule has 0 spiro atoms. The van der Waals surface area contributed by atoms with Gasteiger partial charge in [0.15, 0.2) is 6.61 Å². The van der Waals surface area contributed by atoms with Crippen LogP contribution in [0.5, 0.6) is 5.75 Å². The smallest absolute Gasteiger partial charge is 0.261 e. The predicted molar refractivity (Wildman–Crippen MR) is 125 cm³/mol. The van der Waals surface area contributed by atoms with Gasteiger partial charge in [-0.05, 0) is 76.3 Å². The van der Waals surface area contributed by atoms with E-state index in [-0.39, 0.29) is 24.5 Å². The van der Waals surface area contributed by atoms with Crippen molar-refractivity contribution < 1.29 is 14.3 Å². The number of nitrogens with one attached hydrogen (secondary N) is 1. The maximum atomic E-state index is 13.3. The number of carbonyl (C=O) groups is 2. The van der Waals surface area contributed by atoms with Crippen molar-refractivity contribution >= 4 is 11.8 Å². The Bertz CT molecular complexity index is 921. The zero-order valence-corrected chi connectivity index (χ0v) is 19.9. The normalized spacial score (nSPS) is 11.9. The van der Waals surface area contributed by atoms with E-state index in [0.29, 0.717) is 18.7 Å². The predicted octanol–water partition coefficient (Wildman–Crippen LogP) is 4.63. The zero-order valence-electron chi connectivity index (χ0n) is 19.9. The van der Waals surface area contributed by atoms with Crippen LogP contribution in [0.1, 0.15) is 55.0 Å². The highest BCUT2D eigenvalue weighted by atomic mass is 16.5. The van der Waals surface area contributed by atoms with Crippen molar-refractivity contribution in [2.75, 3.05) is 6.61 Å². The molecule has 1 atom stereocenters. The molecule has 0 aliphatic carbocycles. The van der Waals surface area contributed by atoms with Crippen molar-refractivity contribution in [2.24, 2.45) is 0 Å². The maximum Gasteiger partial charge on any atom is 0.261 e. The molecule has 0 saturated heterocycles. The number of carbonyl (C=O) groups excluding carboxylic acids is 2. The quantitative estimate of drug-likeness (QED) is 0.638. The van der Waals surface area contributed by atoms with Gasteiger partial charge in [-0.3, -0.25) is 9.59 Å². The SMILES string of the molecule is CC[C@@H](C(=O)NC(C)C)N(Cc1cccc(C)c1)C(=O)COc1cc(C)cc(C)c1C. The molecule has 168 valence electrons. The molecule has 0 heterocycles. The van der Waals surface area contributed by atoms with Crippen LogP contribution in [0.4, 0.5) is 0 Å². The molecule has 0 radical (unpaired) electrons. The molecule has 0 aliphatic rings. The van der Waals surface area contributed by atoms with E-state index in [1.54, 1.807) is 4.90 Å². The molecule has 2 aromatic rings. The van der Waals surface area contributed by atoms with Gasteiger partial charge in [0.1, 0.15) is 11.8 Å². The highest BCUT2D eigenvalue weighted by Crippen LogP contribution is 2.23. The van der Waals surface area contributed by atoms with Crippen molar-refractivity contribution in [3.63, 3.8) is 0 Å². The zero-order chi connectivity index (χ0) is 23.1. The van der Waals surface area contributed by atoms with Gasteiger partial charge in [-0.15, -0.1) is 0 Å². The average molecular weight is 425 g/mol. The van der Waals surface area contributed by atoms with Crippen LogP contribution in [-0.2, 0) is 16.1 Å². The fourth-order valence-electron chi connectivity index (χ4n) is 3.68. The minimum Gasteiger partial charge on any atom is -0.483 e. The van der Waals surface area contributed by atoms with E-state index in [1.165, 1.54) is 0 Å². The summed E-state index contributed by atoms with van der Waals surface area (Å²) in [5.41, 5.74) is 5.35. The molecular weight excluding hydrogens is 388 g/mol. The highest BCUT2D eigenvalue weighted by Gasteiger charge is 2.29. The Morgan fingerprint density at radius 2 is 1.74 bits per heavy atom. The van der Waals surface area contributed by atoms with Gasteiger partial charge >= 0.3 is 0 Å². The van der Waals surface area contributed by atoms with Crippen molar-refractivity contribution in [1.29, 1.82) is 0 Å². The highest BCUT2D eigenvalue weighted by molar-refractivity contribution is 5.88. The molecule has 1 N–H and O–H groups in total. The minimum atomic E-state index is -0.556. The topological polar surface area (TPSA) is 58.6 Å². The lowest BCUT2D eigenvalue weighted by Gasteiger charge is -2.31. The van der Waals surface area contributed by atoms with E-state index in [4.69, 9.17) is 4.74 Å². The summed E-state index contributed by atoms with van der Waals surface area (Å²) in [5.74, 6) is 0.368. The van der Waals surface area contributed by atoms with Gasteiger partial charge in [-0.1, -0.05) is 42.8 Å². The number of rotatable bonds is 9.